The molecule has 0 unspecified atom stereocenters. The van der Waals surface area contributed by atoms with Crippen molar-refractivity contribution < 1.29 is 4.74 Å². The molecule has 0 heterocycles. The van der Waals surface area contributed by atoms with Crippen molar-refractivity contribution in [2.45, 2.75) is 40.7 Å². The van der Waals surface area contributed by atoms with Gasteiger partial charge in [-0.25, -0.2) is 0 Å². The predicted molar refractivity (Wildman–Crippen MR) is 73.9 cm³/mol. The molecule has 1 aromatic rings. The normalized spacial score (nSPS) is 12.8. The Balaban J connectivity index is 2.35. The van der Waals surface area contributed by atoms with Gasteiger partial charge in [0.15, 0.2) is 0 Å². The maximum atomic E-state index is 5.65. The van der Waals surface area contributed by atoms with Crippen molar-refractivity contribution in [1.82, 2.24) is 0 Å². The zero-order valence-corrected chi connectivity index (χ0v) is 11.5. The van der Waals surface area contributed by atoms with Gasteiger partial charge in [-0.05, 0) is 24.3 Å². The van der Waals surface area contributed by atoms with Gasteiger partial charge in [0, 0.05) is 0 Å². The highest BCUT2D eigenvalue weighted by molar-refractivity contribution is 5.13. The molecule has 1 rings (SSSR count). The van der Waals surface area contributed by atoms with E-state index >= 15 is 0 Å². The van der Waals surface area contributed by atoms with E-state index in [4.69, 9.17) is 4.74 Å². The molecular formula is C16H24O. The van der Waals surface area contributed by atoms with Gasteiger partial charge in [0.1, 0.15) is 0 Å². The summed E-state index contributed by atoms with van der Waals surface area (Å²) in [7, 11) is 0. The van der Waals surface area contributed by atoms with Gasteiger partial charge < -0.3 is 4.74 Å². The maximum absolute atomic E-state index is 5.65. The molecule has 0 radical (unpaired) electrons. The van der Waals surface area contributed by atoms with Crippen LogP contribution >= 0.6 is 0 Å². The van der Waals surface area contributed by atoms with Crippen LogP contribution in [-0.4, -0.2) is 6.61 Å². The number of hydrogen-bond donors (Lipinski definition) is 0. The van der Waals surface area contributed by atoms with Gasteiger partial charge in [-0.2, -0.15) is 0 Å². The Morgan fingerprint density at radius 2 is 1.88 bits per heavy atom. The van der Waals surface area contributed by atoms with Crippen LogP contribution in [0.5, 0.6) is 0 Å². The summed E-state index contributed by atoms with van der Waals surface area (Å²) in [5.41, 5.74) is 2.93. The number of benzene rings is 1. The van der Waals surface area contributed by atoms with Crippen LogP contribution in [0.25, 0.3) is 0 Å². The van der Waals surface area contributed by atoms with Crippen molar-refractivity contribution in [2.24, 2.45) is 5.41 Å². The lowest BCUT2D eigenvalue weighted by atomic mass is 9.82. The van der Waals surface area contributed by atoms with Crippen molar-refractivity contribution in [3.63, 3.8) is 0 Å². The summed E-state index contributed by atoms with van der Waals surface area (Å²) in [4.78, 5) is 0. The minimum absolute atomic E-state index is 0.288. The Hall–Kier alpha value is -1.08. The second-order valence-electron chi connectivity index (χ2n) is 5.13. The van der Waals surface area contributed by atoms with Crippen molar-refractivity contribution >= 4 is 0 Å². The SMILES string of the molecule is CCC(C)(C)C(C)=CCOCc1ccccc1. The molecule has 0 atom stereocenters. The molecule has 0 aromatic heterocycles. The Morgan fingerprint density at radius 1 is 1.24 bits per heavy atom. The zero-order valence-electron chi connectivity index (χ0n) is 11.5. The van der Waals surface area contributed by atoms with Crippen molar-refractivity contribution in [3.8, 4) is 0 Å². The van der Waals surface area contributed by atoms with Crippen molar-refractivity contribution in [3.05, 3.63) is 47.5 Å². The molecule has 17 heavy (non-hydrogen) atoms. The summed E-state index contributed by atoms with van der Waals surface area (Å²) in [6.45, 7) is 10.4. The number of ether oxygens (including phenoxy) is 1. The second-order valence-corrected chi connectivity index (χ2v) is 5.13. The summed E-state index contributed by atoms with van der Waals surface area (Å²) in [5.74, 6) is 0. The summed E-state index contributed by atoms with van der Waals surface area (Å²) in [6.07, 6.45) is 3.36. The topological polar surface area (TPSA) is 9.23 Å². The molecule has 0 aliphatic carbocycles. The zero-order chi connectivity index (χ0) is 12.7. The van der Waals surface area contributed by atoms with Gasteiger partial charge in [-0.15, -0.1) is 0 Å². The summed E-state index contributed by atoms with van der Waals surface area (Å²) >= 11 is 0. The quantitative estimate of drug-likeness (QED) is 0.515. The maximum Gasteiger partial charge on any atom is 0.0721 e. The highest BCUT2D eigenvalue weighted by Crippen LogP contribution is 2.29. The second kappa shape index (κ2) is 6.61. The first kappa shape index (κ1) is 14.0. The third-order valence-corrected chi connectivity index (χ3v) is 3.57. The largest absolute Gasteiger partial charge is 0.373 e. The highest BCUT2D eigenvalue weighted by Gasteiger charge is 2.16. The van der Waals surface area contributed by atoms with E-state index in [0.717, 1.165) is 6.42 Å². The van der Waals surface area contributed by atoms with Crippen molar-refractivity contribution in [1.29, 1.82) is 0 Å². The van der Waals surface area contributed by atoms with E-state index in [0.29, 0.717) is 13.2 Å². The molecule has 0 aliphatic heterocycles. The monoisotopic (exact) mass is 232 g/mol. The van der Waals surface area contributed by atoms with E-state index in [1.54, 1.807) is 0 Å². The van der Waals surface area contributed by atoms with E-state index in [1.807, 2.05) is 18.2 Å². The molecule has 0 saturated carbocycles. The third kappa shape index (κ3) is 4.74. The van der Waals surface area contributed by atoms with Crippen LogP contribution in [0.2, 0.25) is 0 Å². The lowest BCUT2D eigenvalue weighted by Crippen LogP contribution is -2.11. The third-order valence-electron chi connectivity index (χ3n) is 3.57. The first-order chi connectivity index (χ1) is 8.06. The first-order valence-electron chi connectivity index (χ1n) is 6.35. The Labute approximate surface area is 106 Å². The number of allylic oxidation sites excluding steroid dienone is 1. The first-order valence-corrected chi connectivity index (χ1v) is 6.35. The van der Waals surface area contributed by atoms with Crippen LogP contribution in [0.15, 0.2) is 42.0 Å². The van der Waals surface area contributed by atoms with E-state index in [-0.39, 0.29) is 5.41 Å². The van der Waals surface area contributed by atoms with Crippen molar-refractivity contribution in [2.75, 3.05) is 6.61 Å². The molecule has 0 spiro atoms. The minimum atomic E-state index is 0.288. The predicted octanol–water partition coefficient (Wildman–Crippen LogP) is 4.59. The lowest BCUT2D eigenvalue weighted by molar-refractivity contribution is 0.147. The molecule has 0 fully saturated rings. The van der Waals surface area contributed by atoms with E-state index in [1.165, 1.54) is 11.1 Å². The van der Waals surface area contributed by atoms with Gasteiger partial charge in [0.25, 0.3) is 0 Å². The Morgan fingerprint density at radius 3 is 2.47 bits per heavy atom. The fourth-order valence-corrected chi connectivity index (χ4v) is 1.49. The summed E-state index contributed by atoms with van der Waals surface area (Å²) < 4.78 is 5.65. The minimum Gasteiger partial charge on any atom is -0.373 e. The molecule has 1 nitrogen and oxygen atoms in total. The summed E-state index contributed by atoms with van der Waals surface area (Å²) in [5, 5.41) is 0. The average molecular weight is 232 g/mol. The van der Waals surface area contributed by atoms with Gasteiger partial charge in [-0.3, -0.25) is 0 Å². The molecule has 1 aromatic carbocycles. The fourth-order valence-electron chi connectivity index (χ4n) is 1.49. The molecule has 0 bridgehead atoms. The lowest BCUT2D eigenvalue weighted by Gasteiger charge is -2.23. The van der Waals surface area contributed by atoms with Gasteiger partial charge in [0.2, 0.25) is 0 Å². The Kier molecular flexibility index (Phi) is 5.43. The average Bonchev–Trinajstić information content (AvgIpc) is 2.35. The van der Waals surface area contributed by atoms with Crippen LogP contribution in [0.3, 0.4) is 0 Å². The molecular weight excluding hydrogens is 208 g/mol. The van der Waals surface area contributed by atoms with E-state index < -0.39 is 0 Å². The molecule has 1 heteroatoms. The van der Waals surface area contributed by atoms with E-state index in [2.05, 4.69) is 45.9 Å². The van der Waals surface area contributed by atoms with Gasteiger partial charge in [0.05, 0.1) is 13.2 Å². The fraction of sp³-hybridized carbons (Fsp3) is 0.500. The van der Waals surface area contributed by atoms with Crippen LogP contribution in [0, 0.1) is 5.41 Å². The van der Waals surface area contributed by atoms with Crippen LogP contribution in [-0.2, 0) is 11.3 Å². The smallest absolute Gasteiger partial charge is 0.0721 e. The Bertz CT molecular complexity index is 349. The van der Waals surface area contributed by atoms with E-state index in [9.17, 15) is 0 Å². The molecule has 94 valence electrons. The molecule has 0 N–H and O–H groups in total. The van der Waals surface area contributed by atoms with Crippen LogP contribution in [0.1, 0.15) is 39.7 Å². The van der Waals surface area contributed by atoms with Crippen LogP contribution < -0.4 is 0 Å². The molecule has 0 saturated heterocycles. The number of hydrogen-bond acceptors (Lipinski definition) is 1. The van der Waals surface area contributed by atoms with Crippen LogP contribution in [0.4, 0.5) is 0 Å². The van der Waals surface area contributed by atoms with Gasteiger partial charge >= 0.3 is 0 Å². The van der Waals surface area contributed by atoms with Gasteiger partial charge in [-0.1, -0.05) is 62.8 Å². The standard InChI is InChI=1S/C16H24O/c1-5-16(3,4)14(2)11-12-17-13-15-9-7-6-8-10-15/h6-11H,5,12-13H2,1-4H3. The molecule has 0 aliphatic rings. The molecule has 0 amide bonds. The highest BCUT2D eigenvalue weighted by atomic mass is 16.5. The number of rotatable bonds is 6. The summed E-state index contributed by atoms with van der Waals surface area (Å²) in [6, 6.07) is 10.3.